The topological polar surface area (TPSA) is 48.9 Å². The molecule has 0 amide bonds. The van der Waals surface area contributed by atoms with Gasteiger partial charge >= 0.3 is 0 Å². The van der Waals surface area contributed by atoms with Crippen molar-refractivity contribution in [2.45, 2.75) is 31.8 Å². The summed E-state index contributed by atoms with van der Waals surface area (Å²) in [6.07, 6.45) is 3.25. The van der Waals surface area contributed by atoms with E-state index >= 15 is 0 Å². The van der Waals surface area contributed by atoms with Gasteiger partial charge in [0.2, 0.25) is 0 Å². The van der Waals surface area contributed by atoms with Crippen molar-refractivity contribution in [3.05, 3.63) is 65.7 Å². The monoisotopic (exact) mass is 380 g/mol. The molecule has 5 nitrogen and oxygen atoms in total. The number of aliphatic imine (C=N–C) groups is 1. The molecule has 5 heteroatoms. The van der Waals surface area contributed by atoms with Gasteiger partial charge in [0, 0.05) is 39.3 Å². The second-order valence-corrected chi connectivity index (χ2v) is 7.28. The summed E-state index contributed by atoms with van der Waals surface area (Å²) >= 11 is 0. The van der Waals surface area contributed by atoms with Crippen LogP contribution in [-0.2, 0) is 13.0 Å². The van der Waals surface area contributed by atoms with Crippen LogP contribution >= 0.6 is 0 Å². The second kappa shape index (κ2) is 10.7. The molecule has 28 heavy (non-hydrogen) atoms. The highest BCUT2D eigenvalue weighted by atomic mass is 16.5. The molecule has 0 unspecified atom stereocenters. The van der Waals surface area contributed by atoms with Crippen LogP contribution < -0.4 is 15.4 Å². The Morgan fingerprint density at radius 3 is 2.39 bits per heavy atom. The van der Waals surface area contributed by atoms with Crippen LogP contribution in [0.4, 0.5) is 0 Å². The van der Waals surface area contributed by atoms with Gasteiger partial charge in [0.05, 0.1) is 7.11 Å². The van der Waals surface area contributed by atoms with Crippen LogP contribution in [0.25, 0.3) is 0 Å². The number of likely N-dealkylation sites (tertiary alicyclic amines) is 1. The molecule has 3 rings (SSSR count). The Balaban J connectivity index is 1.37. The molecule has 1 aliphatic heterocycles. The normalized spacial score (nSPS) is 16.0. The number of benzene rings is 2. The largest absolute Gasteiger partial charge is 0.497 e. The molecular weight excluding hydrogens is 348 g/mol. The molecule has 0 aromatic heterocycles. The molecule has 1 aliphatic rings. The van der Waals surface area contributed by atoms with Gasteiger partial charge in [-0.15, -0.1) is 0 Å². The summed E-state index contributed by atoms with van der Waals surface area (Å²) in [5, 5.41) is 7.03. The Labute approximate surface area is 168 Å². The van der Waals surface area contributed by atoms with E-state index in [2.05, 4.69) is 63.0 Å². The Kier molecular flexibility index (Phi) is 7.73. The molecular formula is C23H32N4O. The zero-order valence-corrected chi connectivity index (χ0v) is 17.0. The van der Waals surface area contributed by atoms with Crippen molar-refractivity contribution < 1.29 is 4.74 Å². The third-order valence-corrected chi connectivity index (χ3v) is 5.27. The molecule has 0 bridgehead atoms. The molecule has 2 N–H and O–H groups in total. The highest BCUT2D eigenvalue weighted by molar-refractivity contribution is 5.79. The number of guanidine groups is 1. The van der Waals surface area contributed by atoms with Gasteiger partial charge < -0.3 is 15.4 Å². The molecule has 0 atom stereocenters. The van der Waals surface area contributed by atoms with E-state index in [1.807, 2.05) is 19.2 Å². The van der Waals surface area contributed by atoms with Gasteiger partial charge in [-0.1, -0.05) is 42.5 Å². The Morgan fingerprint density at radius 2 is 1.75 bits per heavy atom. The molecule has 1 fully saturated rings. The molecule has 0 saturated carbocycles. The van der Waals surface area contributed by atoms with Gasteiger partial charge in [-0.05, 0) is 42.5 Å². The minimum Gasteiger partial charge on any atom is -0.497 e. The maximum atomic E-state index is 5.21. The lowest BCUT2D eigenvalue weighted by atomic mass is 10.0. The van der Waals surface area contributed by atoms with Crippen molar-refractivity contribution in [1.82, 2.24) is 15.5 Å². The van der Waals surface area contributed by atoms with E-state index < -0.39 is 0 Å². The average molecular weight is 381 g/mol. The number of hydrogen-bond donors (Lipinski definition) is 2. The van der Waals surface area contributed by atoms with E-state index in [1.54, 1.807) is 7.11 Å². The van der Waals surface area contributed by atoms with E-state index in [4.69, 9.17) is 4.74 Å². The van der Waals surface area contributed by atoms with Gasteiger partial charge in [-0.3, -0.25) is 9.89 Å². The van der Waals surface area contributed by atoms with Crippen molar-refractivity contribution in [2.24, 2.45) is 4.99 Å². The number of nitrogens with zero attached hydrogens (tertiary/aromatic N) is 2. The third-order valence-electron chi connectivity index (χ3n) is 5.27. The molecule has 150 valence electrons. The molecule has 0 radical (unpaired) electrons. The molecule has 0 aliphatic carbocycles. The predicted octanol–water partition coefficient (Wildman–Crippen LogP) is 3.07. The smallest absolute Gasteiger partial charge is 0.191 e. The molecule has 1 saturated heterocycles. The summed E-state index contributed by atoms with van der Waals surface area (Å²) in [6, 6.07) is 19.4. The Bertz CT molecular complexity index is 722. The van der Waals surface area contributed by atoms with Gasteiger partial charge in [-0.25, -0.2) is 0 Å². The van der Waals surface area contributed by atoms with Gasteiger partial charge in [0.25, 0.3) is 0 Å². The summed E-state index contributed by atoms with van der Waals surface area (Å²) in [6.45, 7) is 4.14. The highest BCUT2D eigenvalue weighted by Crippen LogP contribution is 2.14. The van der Waals surface area contributed by atoms with E-state index in [0.717, 1.165) is 57.2 Å². The van der Waals surface area contributed by atoms with E-state index in [1.165, 1.54) is 11.1 Å². The summed E-state index contributed by atoms with van der Waals surface area (Å²) in [7, 11) is 3.53. The summed E-state index contributed by atoms with van der Waals surface area (Å²) in [5.74, 6) is 1.79. The van der Waals surface area contributed by atoms with Crippen LogP contribution in [0.1, 0.15) is 24.0 Å². The first-order valence-electron chi connectivity index (χ1n) is 10.1. The number of ether oxygens (including phenoxy) is 1. The minimum absolute atomic E-state index is 0.485. The first-order chi connectivity index (χ1) is 13.8. The quantitative estimate of drug-likeness (QED) is 0.573. The Morgan fingerprint density at radius 1 is 1.04 bits per heavy atom. The number of methoxy groups -OCH3 is 1. The van der Waals surface area contributed by atoms with Crippen LogP contribution in [-0.4, -0.2) is 50.7 Å². The molecule has 2 aromatic rings. The fraction of sp³-hybridized carbons (Fsp3) is 0.435. The number of rotatable bonds is 7. The predicted molar refractivity (Wildman–Crippen MR) is 116 cm³/mol. The Hall–Kier alpha value is -2.53. The molecule has 1 heterocycles. The average Bonchev–Trinajstić information content (AvgIpc) is 2.75. The van der Waals surface area contributed by atoms with Crippen LogP contribution in [0.5, 0.6) is 5.75 Å². The van der Waals surface area contributed by atoms with Crippen molar-refractivity contribution in [3.63, 3.8) is 0 Å². The molecule has 2 aromatic carbocycles. The second-order valence-electron chi connectivity index (χ2n) is 7.28. The summed E-state index contributed by atoms with van der Waals surface area (Å²) < 4.78 is 5.21. The minimum atomic E-state index is 0.485. The lowest BCUT2D eigenvalue weighted by molar-refractivity contribution is 0.198. The van der Waals surface area contributed by atoms with E-state index in [0.29, 0.717) is 6.04 Å². The fourth-order valence-electron chi connectivity index (χ4n) is 3.58. The fourth-order valence-corrected chi connectivity index (χ4v) is 3.58. The van der Waals surface area contributed by atoms with Crippen LogP contribution in [0, 0.1) is 0 Å². The van der Waals surface area contributed by atoms with Crippen LogP contribution in [0.3, 0.4) is 0 Å². The summed E-state index contributed by atoms with van der Waals surface area (Å²) in [4.78, 5) is 6.92. The third kappa shape index (κ3) is 6.27. The maximum absolute atomic E-state index is 5.21. The van der Waals surface area contributed by atoms with E-state index in [9.17, 15) is 0 Å². The van der Waals surface area contributed by atoms with Crippen LogP contribution in [0.2, 0.25) is 0 Å². The zero-order valence-electron chi connectivity index (χ0n) is 17.0. The number of hydrogen-bond acceptors (Lipinski definition) is 3. The number of nitrogens with one attached hydrogen (secondary N) is 2. The van der Waals surface area contributed by atoms with Gasteiger partial charge in [-0.2, -0.15) is 0 Å². The lowest BCUT2D eigenvalue weighted by Crippen LogP contribution is -2.48. The maximum Gasteiger partial charge on any atom is 0.191 e. The van der Waals surface area contributed by atoms with Crippen molar-refractivity contribution in [1.29, 1.82) is 0 Å². The standard InChI is InChI=1S/C23H32N4O/c1-24-23(25-15-12-19-8-10-22(28-2)11-9-19)26-21-13-16-27(17-14-21)18-20-6-4-3-5-7-20/h3-11,21H,12-18H2,1-2H3,(H2,24,25,26). The zero-order chi connectivity index (χ0) is 19.6. The van der Waals surface area contributed by atoms with Gasteiger partial charge in [0.15, 0.2) is 5.96 Å². The SMILES string of the molecule is CN=C(NCCc1ccc(OC)cc1)NC1CCN(Cc2ccccc2)CC1. The van der Waals surface area contributed by atoms with Gasteiger partial charge in [0.1, 0.15) is 5.75 Å². The molecule has 0 spiro atoms. The first kappa shape index (κ1) is 20.2. The highest BCUT2D eigenvalue weighted by Gasteiger charge is 2.19. The van der Waals surface area contributed by atoms with E-state index in [-0.39, 0.29) is 0 Å². The lowest BCUT2D eigenvalue weighted by Gasteiger charge is -2.33. The van der Waals surface area contributed by atoms with Crippen molar-refractivity contribution >= 4 is 5.96 Å². The number of piperidine rings is 1. The first-order valence-corrected chi connectivity index (χ1v) is 10.1. The van der Waals surface area contributed by atoms with Crippen molar-refractivity contribution in [2.75, 3.05) is 33.8 Å². The summed E-state index contributed by atoms with van der Waals surface area (Å²) in [5.41, 5.74) is 2.68. The van der Waals surface area contributed by atoms with Crippen molar-refractivity contribution in [3.8, 4) is 5.75 Å². The van der Waals surface area contributed by atoms with Crippen LogP contribution in [0.15, 0.2) is 59.6 Å².